The number of carbonyl (C=O) groups is 1. The SMILES string of the molecule is O=C(O)c1ccc(OC2COC2)cn1. The summed E-state index contributed by atoms with van der Waals surface area (Å²) in [4.78, 5) is 14.2. The molecular weight excluding hydrogens is 186 g/mol. The highest BCUT2D eigenvalue weighted by Crippen LogP contribution is 2.14. The first kappa shape index (κ1) is 8.96. The second-order valence-corrected chi connectivity index (χ2v) is 2.96. The minimum atomic E-state index is -1.04. The number of nitrogens with zero attached hydrogens (tertiary/aromatic N) is 1. The van der Waals surface area contributed by atoms with Gasteiger partial charge in [0, 0.05) is 0 Å². The van der Waals surface area contributed by atoms with Crippen molar-refractivity contribution in [2.45, 2.75) is 6.10 Å². The molecule has 1 aliphatic rings. The lowest BCUT2D eigenvalue weighted by molar-refractivity contribution is -0.0798. The predicted octanol–water partition coefficient (Wildman–Crippen LogP) is 0.557. The van der Waals surface area contributed by atoms with E-state index < -0.39 is 5.97 Å². The number of carboxylic acids is 1. The van der Waals surface area contributed by atoms with E-state index >= 15 is 0 Å². The molecule has 0 unspecified atom stereocenters. The highest BCUT2D eigenvalue weighted by atomic mass is 16.6. The van der Waals surface area contributed by atoms with Gasteiger partial charge < -0.3 is 14.6 Å². The molecule has 5 heteroatoms. The molecule has 0 spiro atoms. The van der Waals surface area contributed by atoms with Crippen LogP contribution in [0.1, 0.15) is 10.5 Å². The van der Waals surface area contributed by atoms with Crippen LogP contribution in [-0.2, 0) is 4.74 Å². The van der Waals surface area contributed by atoms with Crippen molar-refractivity contribution in [1.29, 1.82) is 0 Å². The van der Waals surface area contributed by atoms with E-state index in [4.69, 9.17) is 14.6 Å². The smallest absolute Gasteiger partial charge is 0.354 e. The number of aromatic nitrogens is 1. The molecule has 5 nitrogen and oxygen atoms in total. The number of ether oxygens (including phenoxy) is 2. The van der Waals surface area contributed by atoms with E-state index in [0.29, 0.717) is 19.0 Å². The van der Waals surface area contributed by atoms with Crippen LogP contribution in [0.2, 0.25) is 0 Å². The molecule has 14 heavy (non-hydrogen) atoms. The normalized spacial score (nSPS) is 16.0. The Morgan fingerprint density at radius 1 is 1.57 bits per heavy atom. The summed E-state index contributed by atoms with van der Waals surface area (Å²) in [7, 11) is 0. The van der Waals surface area contributed by atoms with Crippen LogP contribution in [0, 0.1) is 0 Å². The monoisotopic (exact) mass is 195 g/mol. The van der Waals surface area contributed by atoms with E-state index in [0.717, 1.165) is 0 Å². The van der Waals surface area contributed by atoms with Gasteiger partial charge in [-0.2, -0.15) is 0 Å². The van der Waals surface area contributed by atoms with Crippen molar-refractivity contribution >= 4 is 5.97 Å². The average molecular weight is 195 g/mol. The molecule has 0 bridgehead atoms. The maximum atomic E-state index is 10.5. The number of hydrogen-bond acceptors (Lipinski definition) is 4. The van der Waals surface area contributed by atoms with Gasteiger partial charge in [0.15, 0.2) is 0 Å². The fraction of sp³-hybridized carbons (Fsp3) is 0.333. The average Bonchev–Trinajstić information content (AvgIpc) is 2.12. The summed E-state index contributed by atoms with van der Waals surface area (Å²) < 4.78 is 10.3. The summed E-state index contributed by atoms with van der Waals surface area (Å²) in [5.41, 5.74) is 0.0159. The van der Waals surface area contributed by atoms with Gasteiger partial charge in [0.1, 0.15) is 17.5 Å². The Labute approximate surface area is 80.3 Å². The first-order valence-corrected chi connectivity index (χ1v) is 4.19. The highest BCUT2D eigenvalue weighted by Gasteiger charge is 2.20. The largest absolute Gasteiger partial charge is 0.484 e. The van der Waals surface area contributed by atoms with Crippen molar-refractivity contribution in [3.05, 3.63) is 24.0 Å². The van der Waals surface area contributed by atoms with E-state index in [-0.39, 0.29) is 11.8 Å². The highest BCUT2D eigenvalue weighted by molar-refractivity contribution is 5.85. The molecule has 0 aromatic carbocycles. The number of hydrogen-bond donors (Lipinski definition) is 1. The maximum Gasteiger partial charge on any atom is 0.354 e. The Morgan fingerprint density at radius 3 is 2.79 bits per heavy atom. The topological polar surface area (TPSA) is 68.7 Å². The summed E-state index contributed by atoms with van der Waals surface area (Å²) in [6.45, 7) is 1.17. The van der Waals surface area contributed by atoms with Crippen molar-refractivity contribution in [3.8, 4) is 5.75 Å². The van der Waals surface area contributed by atoms with Gasteiger partial charge in [0.05, 0.1) is 19.4 Å². The van der Waals surface area contributed by atoms with Gasteiger partial charge in [-0.05, 0) is 12.1 Å². The van der Waals surface area contributed by atoms with Crippen LogP contribution in [0.25, 0.3) is 0 Å². The minimum Gasteiger partial charge on any atom is -0.484 e. The summed E-state index contributed by atoms with van der Waals surface area (Å²) in [6, 6.07) is 3.01. The lowest BCUT2D eigenvalue weighted by Gasteiger charge is -2.26. The van der Waals surface area contributed by atoms with Gasteiger partial charge in [0.2, 0.25) is 0 Å². The Kier molecular flexibility index (Phi) is 2.32. The van der Waals surface area contributed by atoms with Gasteiger partial charge in [-0.3, -0.25) is 0 Å². The zero-order valence-corrected chi connectivity index (χ0v) is 7.34. The molecule has 0 saturated carbocycles. The molecule has 1 saturated heterocycles. The van der Waals surface area contributed by atoms with E-state index in [1.165, 1.54) is 12.3 Å². The number of aromatic carboxylic acids is 1. The molecule has 1 aromatic rings. The first-order valence-electron chi connectivity index (χ1n) is 4.19. The minimum absolute atomic E-state index is 0.0159. The predicted molar refractivity (Wildman–Crippen MR) is 46.4 cm³/mol. The molecule has 1 aliphatic heterocycles. The van der Waals surface area contributed by atoms with E-state index in [9.17, 15) is 4.79 Å². The van der Waals surface area contributed by atoms with Crippen LogP contribution in [0.5, 0.6) is 5.75 Å². The van der Waals surface area contributed by atoms with Crippen molar-refractivity contribution in [2.75, 3.05) is 13.2 Å². The molecule has 74 valence electrons. The second kappa shape index (κ2) is 3.63. The lowest BCUT2D eigenvalue weighted by atomic mass is 10.3. The Morgan fingerprint density at radius 2 is 2.36 bits per heavy atom. The third-order valence-corrected chi connectivity index (χ3v) is 1.87. The Balaban J connectivity index is 2.01. The summed E-state index contributed by atoms with van der Waals surface area (Å²) in [5.74, 6) is -0.466. The van der Waals surface area contributed by atoms with Gasteiger partial charge >= 0.3 is 5.97 Å². The number of pyridine rings is 1. The molecule has 0 radical (unpaired) electrons. The van der Waals surface area contributed by atoms with E-state index in [2.05, 4.69) is 4.98 Å². The first-order chi connectivity index (χ1) is 6.75. The zero-order valence-electron chi connectivity index (χ0n) is 7.34. The van der Waals surface area contributed by atoms with Crippen LogP contribution in [-0.4, -0.2) is 35.4 Å². The molecule has 1 fully saturated rings. The van der Waals surface area contributed by atoms with E-state index in [1.807, 2.05) is 0 Å². The summed E-state index contributed by atoms with van der Waals surface area (Å²) in [6.07, 6.45) is 1.48. The molecule has 2 rings (SSSR count). The van der Waals surface area contributed by atoms with Crippen LogP contribution in [0.3, 0.4) is 0 Å². The van der Waals surface area contributed by atoms with Gasteiger partial charge in [0.25, 0.3) is 0 Å². The van der Waals surface area contributed by atoms with Crippen LogP contribution in [0.15, 0.2) is 18.3 Å². The summed E-state index contributed by atoms with van der Waals surface area (Å²) in [5, 5.41) is 8.59. The fourth-order valence-corrected chi connectivity index (χ4v) is 1.05. The molecule has 0 atom stereocenters. The standard InChI is InChI=1S/C9H9NO4/c11-9(12)8-2-1-6(3-10-8)14-7-4-13-5-7/h1-3,7H,4-5H2,(H,11,12). The molecule has 1 aromatic heterocycles. The summed E-state index contributed by atoms with van der Waals surface area (Å²) >= 11 is 0. The van der Waals surface area contributed by atoms with Crippen LogP contribution in [0.4, 0.5) is 0 Å². The number of rotatable bonds is 3. The number of carboxylic acid groups (broad SMARTS) is 1. The third-order valence-electron chi connectivity index (χ3n) is 1.87. The third kappa shape index (κ3) is 1.82. The van der Waals surface area contributed by atoms with Crippen molar-refractivity contribution in [2.24, 2.45) is 0 Å². The molecular formula is C9H9NO4. The molecule has 0 aliphatic carbocycles. The second-order valence-electron chi connectivity index (χ2n) is 2.96. The Bertz CT molecular complexity index is 331. The Hall–Kier alpha value is -1.62. The van der Waals surface area contributed by atoms with Crippen molar-refractivity contribution in [3.63, 3.8) is 0 Å². The van der Waals surface area contributed by atoms with Gasteiger partial charge in [-0.25, -0.2) is 9.78 Å². The lowest BCUT2D eigenvalue weighted by Crippen LogP contribution is -2.38. The quantitative estimate of drug-likeness (QED) is 0.763. The zero-order chi connectivity index (χ0) is 9.97. The molecule has 2 heterocycles. The molecule has 1 N–H and O–H groups in total. The van der Waals surface area contributed by atoms with Gasteiger partial charge in [-0.1, -0.05) is 0 Å². The van der Waals surface area contributed by atoms with Crippen LogP contribution < -0.4 is 4.74 Å². The fourth-order valence-electron chi connectivity index (χ4n) is 1.05. The molecule has 0 amide bonds. The van der Waals surface area contributed by atoms with Crippen molar-refractivity contribution < 1.29 is 19.4 Å². The van der Waals surface area contributed by atoms with Crippen LogP contribution >= 0.6 is 0 Å². The van der Waals surface area contributed by atoms with Gasteiger partial charge in [-0.15, -0.1) is 0 Å². The maximum absolute atomic E-state index is 10.5. The van der Waals surface area contributed by atoms with E-state index in [1.54, 1.807) is 6.07 Å². The van der Waals surface area contributed by atoms with Crippen molar-refractivity contribution in [1.82, 2.24) is 4.98 Å².